The van der Waals surface area contributed by atoms with Crippen molar-refractivity contribution < 1.29 is 19.1 Å². The third kappa shape index (κ3) is 6.79. The average molecular weight is 408 g/mol. The van der Waals surface area contributed by atoms with Crippen molar-refractivity contribution in [2.24, 2.45) is 0 Å². The van der Waals surface area contributed by atoms with E-state index < -0.39 is 0 Å². The van der Waals surface area contributed by atoms with Crippen LogP contribution in [0.2, 0.25) is 0 Å². The van der Waals surface area contributed by atoms with Gasteiger partial charge in [-0.1, -0.05) is 12.1 Å². The molecule has 0 bridgehead atoms. The van der Waals surface area contributed by atoms with Gasteiger partial charge in [0.25, 0.3) is 5.91 Å². The van der Waals surface area contributed by atoms with E-state index in [0.29, 0.717) is 30.1 Å². The second-order valence-electron chi connectivity index (χ2n) is 6.86. The Hall–Kier alpha value is -3.57. The summed E-state index contributed by atoms with van der Waals surface area (Å²) in [6, 6.07) is 15.6. The number of ether oxygens (including phenoxy) is 2. The third-order valence-electron chi connectivity index (χ3n) is 4.52. The van der Waals surface area contributed by atoms with Gasteiger partial charge in [-0.05, 0) is 54.8 Å². The lowest BCUT2D eigenvalue weighted by Crippen LogP contribution is -2.35. The molecule has 1 aliphatic rings. The van der Waals surface area contributed by atoms with E-state index in [4.69, 9.17) is 14.7 Å². The van der Waals surface area contributed by atoms with Gasteiger partial charge in [-0.15, -0.1) is 0 Å². The van der Waals surface area contributed by atoms with Gasteiger partial charge in [-0.25, -0.2) is 4.79 Å². The number of nitrogens with zero attached hydrogens (tertiary/aromatic N) is 1. The molecule has 2 aromatic rings. The van der Waals surface area contributed by atoms with E-state index in [9.17, 15) is 9.59 Å². The number of anilines is 2. The van der Waals surface area contributed by atoms with Crippen molar-refractivity contribution in [1.82, 2.24) is 5.32 Å². The number of amides is 3. The van der Waals surface area contributed by atoms with E-state index in [1.165, 1.54) is 0 Å². The minimum absolute atomic E-state index is 0.0889. The number of urea groups is 1. The van der Waals surface area contributed by atoms with Crippen LogP contribution in [0.25, 0.3) is 0 Å². The van der Waals surface area contributed by atoms with Crippen molar-refractivity contribution >= 4 is 23.3 Å². The molecule has 1 fully saturated rings. The standard InChI is InChI=1S/C22H24N4O4/c23-12-11-16-3-9-19(10-4-16)30-15-21(27)25-17-5-7-18(8-6-17)26-22(28)24-14-20-2-1-13-29-20/h3-10,20H,1-2,11,13-15H2,(H,25,27)(H2,24,26,28). The molecular formula is C22H24N4O4. The summed E-state index contributed by atoms with van der Waals surface area (Å²) in [7, 11) is 0. The van der Waals surface area contributed by atoms with Crippen LogP contribution in [0.1, 0.15) is 18.4 Å². The summed E-state index contributed by atoms with van der Waals surface area (Å²) in [6.07, 6.45) is 2.42. The van der Waals surface area contributed by atoms with Gasteiger partial charge in [0, 0.05) is 24.5 Å². The summed E-state index contributed by atoms with van der Waals surface area (Å²) in [5.41, 5.74) is 2.10. The van der Waals surface area contributed by atoms with Gasteiger partial charge in [0.1, 0.15) is 5.75 Å². The molecule has 3 amide bonds. The number of benzene rings is 2. The lowest BCUT2D eigenvalue weighted by atomic mass is 10.2. The highest BCUT2D eigenvalue weighted by Crippen LogP contribution is 2.15. The van der Waals surface area contributed by atoms with Gasteiger partial charge < -0.3 is 25.4 Å². The summed E-state index contributed by atoms with van der Waals surface area (Å²) in [4.78, 5) is 24.0. The van der Waals surface area contributed by atoms with Crippen molar-refractivity contribution in [3.63, 3.8) is 0 Å². The molecule has 0 aromatic heterocycles. The lowest BCUT2D eigenvalue weighted by molar-refractivity contribution is -0.118. The third-order valence-corrected chi connectivity index (χ3v) is 4.52. The highest BCUT2D eigenvalue weighted by molar-refractivity contribution is 5.93. The smallest absolute Gasteiger partial charge is 0.319 e. The molecule has 156 valence electrons. The fourth-order valence-electron chi connectivity index (χ4n) is 2.96. The summed E-state index contributed by atoms with van der Waals surface area (Å²) in [6.45, 7) is 1.10. The largest absolute Gasteiger partial charge is 0.484 e. The topological polar surface area (TPSA) is 112 Å². The summed E-state index contributed by atoms with van der Waals surface area (Å²) >= 11 is 0. The first kappa shape index (κ1) is 21.1. The molecule has 0 aliphatic carbocycles. The summed E-state index contributed by atoms with van der Waals surface area (Å²) in [5.74, 6) is 0.256. The van der Waals surface area contributed by atoms with Gasteiger partial charge in [0.15, 0.2) is 6.61 Å². The molecule has 0 radical (unpaired) electrons. The quantitative estimate of drug-likeness (QED) is 0.621. The molecule has 1 unspecified atom stereocenters. The maximum atomic E-state index is 12.1. The van der Waals surface area contributed by atoms with Crippen LogP contribution >= 0.6 is 0 Å². The van der Waals surface area contributed by atoms with Crippen LogP contribution in [0, 0.1) is 11.3 Å². The number of nitriles is 1. The zero-order valence-electron chi connectivity index (χ0n) is 16.5. The highest BCUT2D eigenvalue weighted by atomic mass is 16.5. The van der Waals surface area contributed by atoms with Crippen LogP contribution in [-0.2, 0) is 16.0 Å². The number of carbonyl (C=O) groups is 2. The van der Waals surface area contributed by atoms with Crippen LogP contribution in [0.5, 0.6) is 5.75 Å². The molecule has 0 saturated carbocycles. The Bertz CT molecular complexity index is 885. The van der Waals surface area contributed by atoms with Crippen molar-refractivity contribution in [3.8, 4) is 11.8 Å². The van der Waals surface area contributed by atoms with Crippen LogP contribution in [0.15, 0.2) is 48.5 Å². The average Bonchev–Trinajstić information content (AvgIpc) is 3.27. The van der Waals surface area contributed by atoms with Gasteiger partial charge in [-0.3, -0.25) is 4.79 Å². The Morgan fingerprint density at radius 2 is 1.77 bits per heavy atom. The van der Waals surface area contributed by atoms with Crippen LogP contribution in [0.3, 0.4) is 0 Å². The van der Waals surface area contributed by atoms with Gasteiger partial charge in [0.2, 0.25) is 0 Å². The second kappa shape index (κ2) is 10.8. The van der Waals surface area contributed by atoms with Gasteiger partial charge in [0.05, 0.1) is 18.6 Å². The first-order valence-corrected chi connectivity index (χ1v) is 9.77. The molecule has 3 N–H and O–H groups in total. The minimum Gasteiger partial charge on any atom is -0.484 e. The van der Waals surface area contributed by atoms with Gasteiger partial charge >= 0.3 is 6.03 Å². The number of hydrogen-bond donors (Lipinski definition) is 3. The van der Waals surface area contributed by atoms with Crippen LogP contribution in [-0.4, -0.2) is 37.8 Å². The van der Waals surface area contributed by atoms with Crippen molar-refractivity contribution in [2.75, 3.05) is 30.4 Å². The molecule has 8 nitrogen and oxygen atoms in total. The monoisotopic (exact) mass is 408 g/mol. The molecule has 0 spiro atoms. The second-order valence-corrected chi connectivity index (χ2v) is 6.86. The minimum atomic E-state index is -0.300. The zero-order chi connectivity index (χ0) is 21.2. The maximum absolute atomic E-state index is 12.1. The van der Waals surface area contributed by atoms with Crippen molar-refractivity contribution in [1.29, 1.82) is 5.26 Å². The summed E-state index contributed by atoms with van der Waals surface area (Å²) in [5, 5.41) is 16.9. The highest BCUT2D eigenvalue weighted by Gasteiger charge is 2.16. The van der Waals surface area contributed by atoms with E-state index in [2.05, 4.69) is 22.0 Å². The molecule has 1 saturated heterocycles. The molecule has 30 heavy (non-hydrogen) atoms. The first-order valence-electron chi connectivity index (χ1n) is 9.77. The molecular weight excluding hydrogens is 384 g/mol. The molecule has 1 atom stereocenters. The van der Waals surface area contributed by atoms with Crippen LogP contribution in [0.4, 0.5) is 16.2 Å². The van der Waals surface area contributed by atoms with Crippen molar-refractivity contribution in [3.05, 3.63) is 54.1 Å². The Kier molecular flexibility index (Phi) is 7.64. The van der Waals surface area contributed by atoms with Crippen LogP contribution < -0.4 is 20.7 Å². The Morgan fingerprint density at radius 1 is 1.07 bits per heavy atom. The predicted octanol–water partition coefficient (Wildman–Crippen LogP) is 3.07. The fraction of sp³-hybridized carbons (Fsp3) is 0.318. The molecule has 3 rings (SSSR count). The number of carbonyl (C=O) groups excluding carboxylic acids is 2. The molecule has 1 aliphatic heterocycles. The Balaban J connectivity index is 1.39. The fourth-order valence-corrected chi connectivity index (χ4v) is 2.96. The Morgan fingerprint density at radius 3 is 2.40 bits per heavy atom. The molecule has 1 heterocycles. The number of rotatable bonds is 8. The van der Waals surface area contributed by atoms with E-state index in [1.807, 2.05) is 0 Å². The maximum Gasteiger partial charge on any atom is 0.319 e. The Labute approximate surface area is 175 Å². The normalized spacial score (nSPS) is 15.1. The zero-order valence-corrected chi connectivity index (χ0v) is 16.5. The summed E-state index contributed by atoms with van der Waals surface area (Å²) < 4.78 is 10.9. The van der Waals surface area contributed by atoms with Crippen molar-refractivity contribution in [2.45, 2.75) is 25.4 Å². The number of nitrogens with one attached hydrogen (secondary N) is 3. The van der Waals surface area contributed by atoms with E-state index in [1.54, 1.807) is 48.5 Å². The van der Waals surface area contributed by atoms with E-state index in [0.717, 1.165) is 25.0 Å². The molecule has 8 heteroatoms. The van der Waals surface area contributed by atoms with E-state index >= 15 is 0 Å². The molecule has 2 aromatic carbocycles. The van der Waals surface area contributed by atoms with E-state index in [-0.39, 0.29) is 24.6 Å². The van der Waals surface area contributed by atoms with Gasteiger partial charge in [-0.2, -0.15) is 5.26 Å². The lowest BCUT2D eigenvalue weighted by Gasteiger charge is -2.12. The predicted molar refractivity (Wildman–Crippen MR) is 112 cm³/mol. The first-order chi connectivity index (χ1) is 14.6. The number of hydrogen-bond acceptors (Lipinski definition) is 5. The SMILES string of the molecule is N#CCc1ccc(OCC(=O)Nc2ccc(NC(=O)NCC3CCCO3)cc2)cc1.